The number of aromatic nitrogens is 2. The summed E-state index contributed by atoms with van der Waals surface area (Å²) in [6.45, 7) is 7.51. The van der Waals surface area contributed by atoms with Crippen LogP contribution in [0.15, 0.2) is 33.2 Å². The van der Waals surface area contributed by atoms with Gasteiger partial charge in [-0.3, -0.25) is 4.90 Å². The lowest BCUT2D eigenvalue weighted by molar-refractivity contribution is 0.0329. The van der Waals surface area contributed by atoms with Crippen molar-refractivity contribution in [2.75, 3.05) is 13.1 Å². The Morgan fingerprint density at radius 1 is 1.24 bits per heavy atom. The van der Waals surface area contributed by atoms with Crippen molar-refractivity contribution in [2.45, 2.75) is 32.9 Å². The molecule has 0 aliphatic rings. The zero-order chi connectivity index (χ0) is 15.5. The molecule has 0 aliphatic heterocycles. The summed E-state index contributed by atoms with van der Waals surface area (Å²) in [5.41, 5.74) is 0.146. The summed E-state index contributed by atoms with van der Waals surface area (Å²) >= 11 is 3.40. The van der Waals surface area contributed by atoms with Crippen molar-refractivity contribution in [1.29, 1.82) is 0 Å². The van der Waals surface area contributed by atoms with E-state index in [1.165, 1.54) is 0 Å². The second-order valence-corrected chi connectivity index (χ2v) is 6.54. The van der Waals surface area contributed by atoms with Crippen molar-refractivity contribution < 1.29 is 9.52 Å². The summed E-state index contributed by atoms with van der Waals surface area (Å²) in [6.07, 6.45) is 0. The number of halogens is 1. The van der Waals surface area contributed by atoms with Gasteiger partial charge in [0.25, 0.3) is 0 Å². The molecule has 1 heterocycles. The van der Waals surface area contributed by atoms with Crippen LogP contribution in [0.1, 0.15) is 26.7 Å². The zero-order valence-electron chi connectivity index (χ0n) is 12.5. The molecule has 0 bridgehead atoms. The number of hydrogen-bond acceptors (Lipinski definition) is 5. The van der Waals surface area contributed by atoms with E-state index in [0.29, 0.717) is 24.9 Å². The molecule has 2 rings (SSSR count). The summed E-state index contributed by atoms with van der Waals surface area (Å²) in [5, 5.41) is 18.1. The summed E-state index contributed by atoms with van der Waals surface area (Å²) in [7, 11) is 0. The molecular weight excluding hydrogens is 334 g/mol. The molecule has 0 fully saturated rings. The van der Waals surface area contributed by atoms with Crippen LogP contribution in [0.25, 0.3) is 11.5 Å². The number of likely N-dealkylation sites (N-methyl/N-ethyl adjacent to an activating group) is 1. The van der Waals surface area contributed by atoms with E-state index in [1.54, 1.807) is 13.8 Å². The number of benzene rings is 1. The molecule has 0 atom stereocenters. The number of aliphatic hydroxyl groups is 1. The normalized spacial score (nSPS) is 12.1. The standard InChI is InChI=1S/C15H20BrN3O2/c1-4-19(10-15(2,3)20)9-13-17-18-14(21-13)11-5-7-12(16)8-6-11/h5-8,20H,4,9-10H2,1-3H3. The molecule has 0 radical (unpaired) electrons. The molecular formula is C15H20BrN3O2. The van der Waals surface area contributed by atoms with Gasteiger partial charge in [-0.2, -0.15) is 0 Å². The fourth-order valence-electron chi connectivity index (χ4n) is 2.04. The van der Waals surface area contributed by atoms with Gasteiger partial charge in [0.15, 0.2) is 0 Å². The minimum absolute atomic E-state index is 0.511. The van der Waals surface area contributed by atoms with Gasteiger partial charge in [0.2, 0.25) is 11.8 Å². The Labute approximate surface area is 133 Å². The topological polar surface area (TPSA) is 62.4 Å². The third-order valence-corrected chi connectivity index (χ3v) is 3.50. The van der Waals surface area contributed by atoms with Gasteiger partial charge in [-0.1, -0.05) is 22.9 Å². The zero-order valence-corrected chi connectivity index (χ0v) is 14.1. The first-order valence-corrected chi connectivity index (χ1v) is 7.70. The van der Waals surface area contributed by atoms with Crippen LogP contribution >= 0.6 is 15.9 Å². The Bertz CT molecular complexity index is 575. The van der Waals surface area contributed by atoms with Crippen molar-refractivity contribution in [3.63, 3.8) is 0 Å². The van der Waals surface area contributed by atoms with Crippen molar-refractivity contribution in [3.8, 4) is 11.5 Å². The first-order chi connectivity index (χ1) is 9.87. The molecule has 0 amide bonds. The summed E-state index contributed by atoms with van der Waals surface area (Å²) in [5.74, 6) is 1.07. The number of nitrogens with zero attached hydrogens (tertiary/aromatic N) is 3. The average Bonchev–Trinajstić information content (AvgIpc) is 2.85. The predicted molar refractivity (Wildman–Crippen MR) is 84.7 cm³/mol. The molecule has 0 saturated heterocycles. The van der Waals surface area contributed by atoms with Crippen LogP contribution in [0.2, 0.25) is 0 Å². The average molecular weight is 354 g/mol. The monoisotopic (exact) mass is 353 g/mol. The van der Waals surface area contributed by atoms with Crippen LogP contribution < -0.4 is 0 Å². The largest absolute Gasteiger partial charge is 0.419 e. The highest BCUT2D eigenvalue weighted by Gasteiger charge is 2.19. The second kappa shape index (κ2) is 6.68. The lowest BCUT2D eigenvalue weighted by Gasteiger charge is -2.26. The SMILES string of the molecule is CCN(Cc1nnc(-c2ccc(Br)cc2)o1)CC(C)(C)O. The van der Waals surface area contributed by atoms with Crippen LogP contribution in [0.4, 0.5) is 0 Å². The molecule has 1 aromatic heterocycles. The molecule has 1 N–H and O–H groups in total. The summed E-state index contributed by atoms with van der Waals surface area (Å²) < 4.78 is 6.70. The van der Waals surface area contributed by atoms with Gasteiger partial charge in [0.05, 0.1) is 12.1 Å². The van der Waals surface area contributed by atoms with Crippen molar-refractivity contribution >= 4 is 15.9 Å². The van der Waals surface area contributed by atoms with Gasteiger partial charge in [0.1, 0.15) is 0 Å². The van der Waals surface area contributed by atoms with E-state index in [2.05, 4.69) is 31.0 Å². The first-order valence-electron chi connectivity index (χ1n) is 6.90. The Kier molecular flexibility index (Phi) is 5.13. The van der Waals surface area contributed by atoms with Gasteiger partial charge in [-0.05, 0) is 44.7 Å². The highest BCUT2D eigenvalue weighted by Crippen LogP contribution is 2.21. The Morgan fingerprint density at radius 3 is 2.48 bits per heavy atom. The third kappa shape index (κ3) is 4.91. The molecule has 0 saturated carbocycles. The van der Waals surface area contributed by atoms with E-state index >= 15 is 0 Å². The molecule has 0 unspecified atom stereocenters. The minimum Gasteiger partial charge on any atom is -0.419 e. The molecule has 5 nitrogen and oxygen atoms in total. The third-order valence-electron chi connectivity index (χ3n) is 2.97. The van der Waals surface area contributed by atoms with E-state index in [-0.39, 0.29) is 0 Å². The van der Waals surface area contributed by atoms with Crippen LogP contribution in [-0.4, -0.2) is 38.9 Å². The molecule has 6 heteroatoms. The van der Waals surface area contributed by atoms with Crippen LogP contribution in [0.5, 0.6) is 0 Å². The van der Waals surface area contributed by atoms with Crippen LogP contribution in [0, 0.1) is 0 Å². The Balaban J connectivity index is 2.07. The maximum atomic E-state index is 9.89. The van der Waals surface area contributed by atoms with E-state index < -0.39 is 5.60 Å². The van der Waals surface area contributed by atoms with Gasteiger partial charge < -0.3 is 9.52 Å². The smallest absolute Gasteiger partial charge is 0.247 e. The van der Waals surface area contributed by atoms with Crippen molar-refractivity contribution in [3.05, 3.63) is 34.6 Å². The van der Waals surface area contributed by atoms with Gasteiger partial charge in [0, 0.05) is 16.6 Å². The van der Waals surface area contributed by atoms with Crippen LogP contribution in [0.3, 0.4) is 0 Å². The molecule has 1 aromatic carbocycles. The highest BCUT2D eigenvalue weighted by atomic mass is 79.9. The highest BCUT2D eigenvalue weighted by molar-refractivity contribution is 9.10. The predicted octanol–water partition coefficient (Wildman–Crippen LogP) is 3.09. The Morgan fingerprint density at radius 2 is 1.90 bits per heavy atom. The Hall–Kier alpha value is -1.24. The van der Waals surface area contributed by atoms with Crippen molar-refractivity contribution in [2.24, 2.45) is 0 Å². The van der Waals surface area contributed by atoms with Crippen molar-refractivity contribution in [1.82, 2.24) is 15.1 Å². The molecule has 21 heavy (non-hydrogen) atoms. The fourth-order valence-corrected chi connectivity index (χ4v) is 2.31. The number of rotatable bonds is 6. The quantitative estimate of drug-likeness (QED) is 0.864. The first kappa shape index (κ1) is 16.1. The molecule has 2 aromatic rings. The lowest BCUT2D eigenvalue weighted by Crippen LogP contribution is -2.38. The summed E-state index contributed by atoms with van der Waals surface area (Å²) in [6, 6.07) is 7.73. The van der Waals surface area contributed by atoms with Gasteiger partial charge in [-0.15, -0.1) is 10.2 Å². The minimum atomic E-state index is -0.745. The maximum absolute atomic E-state index is 9.89. The van der Waals surface area contributed by atoms with E-state index in [9.17, 15) is 5.11 Å². The van der Waals surface area contributed by atoms with Crippen LogP contribution in [-0.2, 0) is 6.54 Å². The summed E-state index contributed by atoms with van der Waals surface area (Å²) in [4.78, 5) is 2.07. The second-order valence-electron chi connectivity index (χ2n) is 5.62. The van der Waals surface area contributed by atoms with Gasteiger partial charge >= 0.3 is 0 Å². The van der Waals surface area contributed by atoms with E-state index in [4.69, 9.17) is 4.42 Å². The van der Waals surface area contributed by atoms with E-state index in [1.807, 2.05) is 31.2 Å². The van der Waals surface area contributed by atoms with Gasteiger partial charge in [-0.25, -0.2) is 0 Å². The van der Waals surface area contributed by atoms with E-state index in [0.717, 1.165) is 16.6 Å². The molecule has 114 valence electrons. The fraction of sp³-hybridized carbons (Fsp3) is 0.467. The maximum Gasteiger partial charge on any atom is 0.247 e. The molecule has 0 aliphatic carbocycles. The number of hydrogen-bond donors (Lipinski definition) is 1. The molecule has 0 spiro atoms. The lowest BCUT2D eigenvalue weighted by atomic mass is 10.1.